The lowest BCUT2D eigenvalue weighted by atomic mass is 10.2. The lowest BCUT2D eigenvalue weighted by Gasteiger charge is -2.14. The summed E-state index contributed by atoms with van der Waals surface area (Å²) in [6, 6.07) is 7.17. The Hall–Kier alpha value is -1.14. The first-order chi connectivity index (χ1) is 8.77. The summed E-state index contributed by atoms with van der Waals surface area (Å²) >= 11 is 0. The maximum atomic E-state index is 9.62. The number of rotatable bonds is 9. The molecule has 0 aromatic heterocycles. The van der Waals surface area contributed by atoms with Crippen molar-refractivity contribution in [3.05, 3.63) is 29.8 Å². The van der Waals surface area contributed by atoms with E-state index < -0.39 is 6.10 Å². The second-order valence-electron chi connectivity index (χ2n) is 3.80. The molecule has 0 spiro atoms. The van der Waals surface area contributed by atoms with Gasteiger partial charge >= 0.3 is 0 Å². The van der Waals surface area contributed by atoms with Crippen molar-refractivity contribution >= 4 is 0 Å². The summed E-state index contributed by atoms with van der Waals surface area (Å²) in [5, 5.41) is 18.7. The number of methoxy groups -OCH3 is 1. The zero-order chi connectivity index (χ0) is 13.2. The SMILES string of the molecule is COCCOCC(O)COc1ccccc1CO. The zero-order valence-electron chi connectivity index (χ0n) is 10.5. The monoisotopic (exact) mass is 256 g/mol. The molecule has 102 valence electrons. The largest absolute Gasteiger partial charge is 0.490 e. The molecule has 0 fully saturated rings. The minimum absolute atomic E-state index is 0.0867. The van der Waals surface area contributed by atoms with Gasteiger partial charge < -0.3 is 24.4 Å². The maximum absolute atomic E-state index is 9.62. The van der Waals surface area contributed by atoms with Gasteiger partial charge in [0.2, 0.25) is 0 Å². The zero-order valence-corrected chi connectivity index (χ0v) is 10.5. The predicted octanol–water partition coefficient (Wildman–Crippen LogP) is 0.582. The first-order valence-electron chi connectivity index (χ1n) is 5.84. The molecule has 0 bridgehead atoms. The number of para-hydroxylation sites is 1. The van der Waals surface area contributed by atoms with E-state index in [4.69, 9.17) is 19.3 Å². The van der Waals surface area contributed by atoms with Crippen LogP contribution in [0, 0.1) is 0 Å². The van der Waals surface area contributed by atoms with Crippen LogP contribution in [0.15, 0.2) is 24.3 Å². The van der Waals surface area contributed by atoms with Crippen LogP contribution in [0.5, 0.6) is 5.75 Å². The van der Waals surface area contributed by atoms with E-state index in [-0.39, 0.29) is 19.8 Å². The molecule has 5 heteroatoms. The van der Waals surface area contributed by atoms with Crippen LogP contribution in [0.2, 0.25) is 0 Å². The normalized spacial score (nSPS) is 12.4. The molecule has 0 heterocycles. The quantitative estimate of drug-likeness (QED) is 0.633. The molecular weight excluding hydrogens is 236 g/mol. The number of hydrogen-bond donors (Lipinski definition) is 2. The van der Waals surface area contributed by atoms with Crippen LogP contribution in [0.25, 0.3) is 0 Å². The average Bonchev–Trinajstić information content (AvgIpc) is 2.41. The van der Waals surface area contributed by atoms with Crippen LogP contribution in [0.3, 0.4) is 0 Å². The van der Waals surface area contributed by atoms with Gasteiger partial charge in [-0.2, -0.15) is 0 Å². The molecule has 1 rings (SSSR count). The fourth-order valence-electron chi connectivity index (χ4n) is 1.37. The second-order valence-corrected chi connectivity index (χ2v) is 3.80. The van der Waals surface area contributed by atoms with Gasteiger partial charge in [-0.05, 0) is 6.07 Å². The molecule has 0 aliphatic rings. The molecule has 1 atom stereocenters. The Morgan fingerprint density at radius 1 is 1.17 bits per heavy atom. The molecule has 2 N–H and O–H groups in total. The van der Waals surface area contributed by atoms with E-state index >= 15 is 0 Å². The number of ether oxygens (including phenoxy) is 3. The van der Waals surface area contributed by atoms with Crippen LogP contribution in [-0.4, -0.2) is 49.9 Å². The minimum atomic E-state index is -0.700. The molecule has 0 saturated carbocycles. The fraction of sp³-hybridized carbons (Fsp3) is 0.538. The minimum Gasteiger partial charge on any atom is -0.490 e. The third-order valence-electron chi connectivity index (χ3n) is 2.32. The molecule has 0 saturated heterocycles. The van der Waals surface area contributed by atoms with Crippen molar-refractivity contribution in [2.45, 2.75) is 12.7 Å². The highest BCUT2D eigenvalue weighted by Gasteiger charge is 2.07. The Morgan fingerprint density at radius 3 is 2.67 bits per heavy atom. The van der Waals surface area contributed by atoms with Gasteiger partial charge in [-0.3, -0.25) is 0 Å². The van der Waals surface area contributed by atoms with Gasteiger partial charge in [-0.25, -0.2) is 0 Å². The standard InChI is InChI=1S/C13H20O5/c1-16-6-7-17-9-12(15)10-18-13-5-3-2-4-11(13)8-14/h2-5,12,14-15H,6-10H2,1H3. The highest BCUT2D eigenvalue weighted by Crippen LogP contribution is 2.17. The Balaban J connectivity index is 2.26. The Labute approximate surface area is 107 Å². The van der Waals surface area contributed by atoms with Gasteiger partial charge in [0.05, 0.1) is 26.4 Å². The topological polar surface area (TPSA) is 68.2 Å². The maximum Gasteiger partial charge on any atom is 0.124 e. The molecule has 18 heavy (non-hydrogen) atoms. The summed E-state index contributed by atoms with van der Waals surface area (Å²) in [7, 11) is 1.59. The van der Waals surface area contributed by atoms with Crippen molar-refractivity contribution in [2.75, 3.05) is 33.5 Å². The molecule has 0 amide bonds. The van der Waals surface area contributed by atoms with Gasteiger partial charge in [-0.1, -0.05) is 18.2 Å². The van der Waals surface area contributed by atoms with E-state index in [0.717, 1.165) is 0 Å². The molecule has 1 unspecified atom stereocenters. The summed E-state index contributed by atoms with van der Waals surface area (Å²) in [5.74, 6) is 0.580. The highest BCUT2D eigenvalue weighted by atomic mass is 16.5. The number of aliphatic hydroxyl groups is 2. The summed E-state index contributed by atoms with van der Waals surface area (Å²) < 4.78 is 15.4. The summed E-state index contributed by atoms with van der Waals surface area (Å²) in [6.07, 6.45) is -0.700. The van der Waals surface area contributed by atoms with Crippen molar-refractivity contribution in [1.82, 2.24) is 0 Å². The Morgan fingerprint density at radius 2 is 1.94 bits per heavy atom. The Bertz CT molecular complexity index is 329. The van der Waals surface area contributed by atoms with Gasteiger partial charge in [-0.15, -0.1) is 0 Å². The predicted molar refractivity (Wildman–Crippen MR) is 66.6 cm³/mol. The van der Waals surface area contributed by atoms with Crippen molar-refractivity contribution in [3.8, 4) is 5.75 Å². The van der Waals surface area contributed by atoms with Crippen molar-refractivity contribution in [1.29, 1.82) is 0 Å². The molecule has 5 nitrogen and oxygen atoms in total. The highest BCUT2D eigenvalue weighted by molar-refractivity contribution is 5.32. The van der Waals surface area contributed by atoms with E-state index in [1.54, 1.807) is 19.2 Å². The van der Waals surface area contributed by atoms with Crippen LogP contribution in [0.1, 0.15) is 5.56 Å². The van der Waals surface area contributed by atoms with E-state index in [9.17, 15) is 5.11 Å². The van der Waals surface area contributed by atoms with Crippen LogP contribution >= 0.6 is 0 Å². The lowest BCUT2D eigenvalue weighted by molar-refractivity contribution is -0.00445. The van der Waals surface area contributed by atoms with E-state index in [2.05, 4.69) is 0 Å². The molecular formula is C13H20O5. The van der Waals surface area contributed by atoms with Gasteiger partial charge in [0.1, 0.15) is 18.5 Å². The van der Waals surface area contributed by atoms with E-state index in [1.807, 2.05) is 12.1 Å². The lowest BCUT2D eigenvalue weighted by Crippen LogP contribution is -2.24. The first-order valence-corrected chi connectivity index (χ1v) is 5.84. The van der Waals surface area contributed by atoms with Gasteiger partial charge in [0.25, 0.3) is 0 Å². The average molecular weight is 256 g/mol. The molecule has 0 aliphatic heterocycles. The summed E-state index contributed by atoms with van der Waals surface area (Å²) in [5.41, 5.74) is 0.699. The molecule has 0 aliphatic carbocycles. The number of aliphatic hydroxyl groups excluding tert-OH is 2. The number of hydrogen-bond acceptors (Lipinski definition) is 5. The molecule has 0 radical (unpaired) electrons. The fourth-order valence-corrected chi connectivity index (χ4v) is 1.37. The second kappa shape index (κ2) is 8.88. The van der Waals surface area contributed by atoms with Crippen molar-refractivity contribution < 1.29 is 24.4 Å². The number of benzene rings is 1. The van der Waals surface area contributed by atoms with E-state index in [1.165, 1.54) is 0 Å². The molecule has 1 aromatic rings. The van der Waals surface area contributed by atoms with Gasteiger partial charge in [0.15, 0.2) is 0 Å². The third kappa shape index (κ3) is 5.46. The van der Waals surface area contributed by atoms with Crippen LogP contribution in [-0.2, 0) is 16.1 Å². The van der Waals surface area contributed by atoms with Crippen molar-refractivity contribution in [2.24, 2.45) is 0 Å². The van der Waals surface area contributed by atoms with Crippen molar-refractivity contribution in [3.63, 3.8) is 0 Å². The third-order valence-corrected chi connectivity index (χ3v) is 2.32. The summed E-state index contributed by atoms with van der Waals surface area (Å²) in [6.45, 7) is 1.19. The van der Waals surface area contributed by atoms with Gasteiger partial charge in [0, 0.05) is 12.7 Å². The van der Waals surface area contributed by atoms with E-state index in [0.29, 0.717) is 24.5 Å². The Kier molecular flexibility index (Phi) is 7.36. The molecule has 1 aromatic carbocycles. The van der Waals surface area contributed by atoms with Crippen LogP contribution < -0.4 is 4.74 Å². The summed E-state index contributed by atoms with van der Waals surface area (Å²) in [4.78, 5) is 0. The first kappa shape index (κ1) is 14.9. The smallest absolute Gasteiger partial charge is 0.124 e. The van der Waals surface area contributed by atoms with Crippen LogP contribution in [0.4, 0.5) is 0 Å².